The van der Waals surface area contributed by atoms with Gasteiger partial charge in [0.05, 0.1) is 20.5 Å². The van der Waals surface area contributed by atoms with Crippen molar-refractivity contribution in [3.8, 4) is 0 Å². The molecule has 0 aliphatic heterocycles. The topological polar surface area (TPSA) is 92.5 Å². The number of hydrogen-bond donors (Lipinski definition) is 2. The molecule has 0 bridgehead atoms. The third kappa shape index (κ3) is 4.34. The summed E-state index contributed by atoms with van der Waals surface area (Å²) in [5, 5.41) is 21.8. The standard InChI is InChI=1S/C11H12Cl2N2O4/c12-9-6-7(15(18)19)5-8(10(9)13)11(17)14-3-1-2-4-16/h5-6,16H,1-4H2,(H,14,17). The van der Waals surface area contributed by atoms with E-state index in [0.717, 1.165) is 12.1 Å². The minimum absolute atomic E-state index is 0.0214. The Kier molecular flexibility index (Phi) is 6.01. The summed E-state index contributed by atoms with van der Waals surface area (Å²) in [5.41, 5.74) is -0.334. The van der Waals surface area contributed by atoms with E-state index in [1.807, 2.05) is 0 Å². The van der Waals surface area contributed by atoms with Gasteiger partial charge in [0.1, 0.15) is 0 Å². The van der Waals surface area contributed by atoms with E-state index in [9.17, 15) is 14.9 Å². The lowest BCUT2D eigenvalue weighted by molar-refractivity contribution is -0.384. The van der Waals surface area contributed by atoms with Crippen LogP contribution in [-0.2, 0) is 0 Å². The molecule has 0 heterocycles. The summed E-state index contributed by atoms with van der Waals surface area (Å²) in [6, 6.07) is 2.17. The van der Waals surface area contributed by atoms with Gasteiger partial charge in [0, 0.05) is 25.3 Å². The summed E-state index contributed by atoms with van der Waals surface area (Å²) in [5.74, 6) is -0.534. The molecule has 0 aliphatic rings. The molecule has 1 aromatic rings. The molecule has 8 heteroatoms. The van der Waals surface area contributed by atoms with Crippen LogP contribution in [-0.4, -0.2) is 29.1 Å². The summed E-state index contributed by atoms with van der Waals surface area (Å²) in [6.07, 6.45) is 1.16. The predicted molar refractivity (Wildman–Crippen MR) is 71.8 cm³/mol. The summed E-state index contributed by atoms with van der Waals surface area (Å²) in [4.78, 5) is 21.9. The second-order valence-electron chi connectivity index (χ2n) is 3.73. The van der Waals surface area contributed by atoms with E-state index in [2.05, 4.69) is 5.32 Å². The lowest BCUT2D eigenvalue weighted by Gasteiger charge is -2.07. The second kappa shape index (κ2) is 7.28. The molecular weight excluding hydrogens is 295 g/mol. The molecule has 19 heavy (non-hydrogen) atoms. The maximum atomic E-state index is 11.8. The quantitative estimate of drug-likeness (QED) is 0.479. The number of aliphatic hydroxyl groups excluding tert-OH is 1. The van der Waals surface area contributed by atoms with Gasteiger partial charge < -0.3 is 10.4 Å². The molecular formula is C11H12Cl2N2O4. The molecule has 0 fully saturated rings. The first-order valence-corrected chi connectivity index (χ1v) is 6.25. The van der Waals surface area contributed by atoms with Crippen LogP contribution in [0.3, 0.4) is 0 Å². The molecule has 0 spiro atoms. The normalized spacial score (nSPS) is 10.3. The first-order valence-electron chi connectivity index (χ1n) is 5.50. The maximum absolute atomic E-state index is 11.8. The van der Waals surface area contributed by atoms with Crippen molar-refractivity contribution in [3.05, 3.63) is 37.9 Å². The van der Waals surface area contributed by atoms with E-state index in [4.69, 9.17) is 28.3 Å². The van der Waals surface area contributed by atoms with Gasteiger partial charge in [-0.3, -0.25) is 14.9 Å². The zero-order valence-electron chi connectivity index (χ0n) is 9.86. The Hall–Kier alpha value is -1.37. The van der Waals surface area contributed by atoms with E-state index in [1.165, 1.54) is 0 Å². The molecule has 1 aromatic carbocycles. The summed E-state index contributed by atoms with van der Waals surface area (Å²) in [7, 11) is 0. The van der Waals surface area contributed by atoms with Gasteiger partial charge in [-0.15, -0.1) is 0 Å². The Labute approximate surface area is 119 Å². The van der Waals surface area contributed by atoms with Crippen LogP contribution >= 0.6 is 23.2 Å². The first-order chi connectivity index (χ1) is 8.97. The number of nitro groups is 1. The summed E-state index contributed by atoms with van der Waals surface area (Å²) in [6.45, 7) is 0.384. The van der Waals surface area contributed by atoms with Crippen LogP contribution in [0.15, 0.2) is 12.1 Å². The van der Waals surface area contributed by atoms with E-state index in [0.29, 0.717) is 19.4 Å². The van der Waals surface area contributed by atoms with Crippen LogP contribution in [0.25, 0.3) is 0 Å². The number of hydrogen-bond acceptors (Lipinski definition) is 4. The predicted octanol–water partition coefficient (Wildman–Crippen LogP) is 2.40. The molecule has 0 aliphatic carbocycles. The minimum atomic E-state index is -0.648. The molecule has 0 saturated carbocycles. The molecule has 104 valence electrons. The fourth-order valence-electron chi connectivity index (χ4n) is 1.38. The van der Waals surface area contributed by atoms with E-state index in [1.54, 1.807) is 0 Å². The van der Waals surface area contributed by atoms with Crippen LogP contribution in [0.4, 0.5) is 5.69 Å². The number of non-ortho nitro benzene ring substituents is 1. The van der Waals surface area contributed by atoms with Crippen molar-refractivity contribution in [2.45, 2.75) is 12.8 Å². The van der Waals surface area contributed by atoms with Crippen molar-refractivity contribution in [2.75, 3.05) is 13.2 Å². The highest BCUT2D eigenvalue weighted by molar-refractivity contribution is 6.44. The number of carbonyl (C=O) groups excluding carboxylic acids is 1. The van der Waals surface area contributed by atoms with E-state index >= 15 is 0 Å². The Morgan fingerprint density at radius 3 is 2.63 bits per heavy atom. The van der Waals surface area contributed by atoms with Crippen LogP contribution in [0, 0.1) is 10.1 Å². The van der Waals surface area contributed by atoms with Crippen molar-refractivity contribution in [1.29, 1.82) is 0 Å². The Morgan fingerprint density at radius 1 is 1.37 bits per heavy atom. The number of nitro benzene ring substituents is 1. The third-order valence-electron chi connectivity index (χ3n) is 2.34. The van der Waals surface area contributed by atoms with Crippen molar-refractivity contribution >= 4 is 34.8 Å². The lowest BCUT2D eigenvalue weighted by atomic mass is 10.2. The maximum Gasteiger partial charge on any atom is 0.271 e. The smallest absolute Gasteiger partial charge is 0.271 e. The highest BCUT2D eigenvalue weighted by Crippen LogP contribution is 2.30. The number of benzene rings is 1. The van der Waals surface area contributed by atoms with Gasteiger partial charge in [-0.25, -0.2) is 0 Å². The molecule has 2 N–H and O–H groups in total. The zero-order valence-corrected chi connectivity index (χ0v) is 11.4. The molecule has 0 unspecified atom stereocenters. The van der Waals surface area contributed by atoms with Gasteiger partial charge in [0.2, 0.25) is 0 Å². The number of carbonyl (C=O) groups is 1. The van der Waals surface area contributed by atoms with Crippen LogP contribution < -0.4 is 5.32 Å². The molecule has 1 rings (SSSR count). The number of amides is 1. The van der Waals surface area contributed by atoms with Crippen molar-refractivity contribution in [1.82, 2.24) is 5.32 Å². The fraction of sp³-hybridized carbons (Fsp3) is 0.364. The molecule has 0 radical (unpaired) electrons. The van der Waals surface area contributed by atoms with E-state index < -0.39 is 10.8 Å². The van der Waals surface area contributed by atoms with Crippen LogP contribution in [0.2, 0.25) is 10.0 Å². The van der Waals surface area contributed by atoms with Crippen molar-refractivity contribution in [2.24, 2.45) is 0 Å². The molecule has 6 nitrogen and oxygen atoms in total. The Balaban J connectivity index is 2.86. The first kappa shape index (κ1) is 15.7. The number of halogens is 2. The van der Waals surface area contributed by atoms with Crippen molar-refractivity contribution in [3.63, 3.8) is 0 Å². The summed E-state index contributed by atoms with van der Waals surface area (Å²) >= 11 is 11.6. The van der Waals surface area contributed by atoms with Gasteiger partial charge in [-0.2, -0.15) is 0 Å². The number of nitrogens with zero attached hydrogens (tertiary/aromatic N) is 1. The van der Waals surface area contributed by atoms with E-state index in [-0.39, 0.29) is 27.9 Å². The Bertz CT molecular complexity index is 494. The highest BCUT2D eigenvalue weighted by Gasteiger charge is 2.19. The SMILES string of the molecule is O=C(NCCCCO)c1cc([N+](=O)[O-])cc(Cl)c1Cl. The van der Waals surface area contributed by atoms with Crippen molar-refractivity contribution < 1.29 is 14.8 Å². The van der Waals surface area contributed by atoms with Crippen LogP contribution in [0.5, 0.6) is 0 Å². The molecule has 0 atom stereocenters. The highest BCUT2D eigenvalue weighted by atomic mass is 35.5. The van der Waals surface area contributed by atoms with Gasteiger partial charge >= 0.3 is 0 Å². The lowest BCUT2D eigenvalue weighted by Crippen LogP contribution is -2.25. The average molecular weight is 307 g/mol. The number of aliphatic hydroxyl groups is 1. The molecule has 0 saturated heterocycles. The molecule has 1 amide bonds. The van der Waals surface area contributed by atoms with Gasteiger partial charge in [0.15, 0.2) is 0 Å². The zero-order chi connectivity index (χ0) is 14.4. The molecule has 0 aromatic heterocycles. The van der Waals surface area contributed by atoms with Gasteiger partial charge in [-0.1, -0.05) is 23.2 Å². The van der Waals surface area contributed by atoms with Gasteiger partial charge in [0.25, 0.3) is 11.6 Å². The number of rotatable bonds is 6. The fourth-order valence-corrected chi connectivity index (χ4v) is 1.79. The average Bonchev–Trinajstić information content (AvgIpc) is 2.37. The van der Waals surface area contributed by atoms with Crippen LogP contribution in [0.1, 0.15) is 23.2 Å². The Morgan fingerprint density at radius 2 is 2.05 bits per heavy atom. The number of unbranched alkanes of at least 4 members (excludes halogenated alkanes) is 1. The second-order valence-corrected chi connectivity index (χ2v) is 4.52. The summed E-state index contributed by atoms with van der Waals surface area (Å²) < 4.78 is 0. The minimum Gasteiger partial charge on any atom is -0.396 e. The van der Waals surface area contributed by atoms with Gasteiger partial charge in [-0.05, 0) is 12.8 Å². The third-order valence-corrected chi connectivity index (χ3v) is 3.14. The monoisotopic (exact) mass is 306 g/mol. The number of nitrogens with one attached hydrogen (secondary N) is 1. The largest absolute Gasteiger partial charge is 0.396 e.